The van der Waals surface area contributed by atoms with Crippen LogP contribution < -0.4 is 0 Å². The van der Waals surface area contributed by atoms with Crippen molar-refractivity contribution in [3.05, 3.63) is 266 Å². The Kier molecular flexibility index (Phi) is 9.47. The highest BCUT2D eigenvalue weighted by Crippen LogP contribution is 2.48. The van der Waals surface area contributed by atoms with E-state index in [4.69, 9.17) is 0 Å². The minimum Gasteiger partial charge on any atom is -0.313 e. The van der Waals surface area contributed by atoms with Gasteiger partial charge in [0.2, 0.25) is 0 Å². The van der Waals surface area contributed by atoms with Gasteiger partial charge in [-0.2, -0.15) is 0 Å². The van der Waals surface area contributed by atoms with Gasteiger partial charge >= 0.3 is 0 Å². The van der Waals surface area contributed by atoms with E-state index in [0.29, 0.717) is 0 Å². The number of hydrogen-bond donors (Lipinski definition) is 0. The van der Waals surface area contributed by atoms with Crippen molar-refractivity contribution in [2.45, 2.75) is 12.8 Å². The lowest BCUT2D eigenvalue weighted by Gasteiger charge is -2.20. The van der Waals surface area contributed by atoms with Crippen LogP contribution in [0.1, 0.15) is 17.7 Å². The van der Waals surface area contributed by atoms with Gasteiger partial charge in [-0.25, -0.2) is 0 Å². The molecule has 0 saturated heterocycles. The predicted molar refractivity (Wildman–Crippen MR) is 313 cm³/mol. The third kappa shape index (κ3) is 6.63. The summed E-state index contributed by atoms with van der Waals surface area (Å²) in [6, 6.07) is 93.0. The number of rotatable bonds is 6. The number of allylic oxidation sites excluding steroid dienone is 1. The van der Waals surface area contributed by atoms with Crippen LogP contribution in [0.2, 0.25) is 0 Å². The van der Waals surface area contributed by atoms with Crippen LogP contribution in [-0.2, 0) is 6.42 Å². The average Bonchev–Trinajstić information content (AvgIpc) is 3.80. The van der Waals surface area contributed by atoms with E-state index in [1.165, 1.54) is 148 Å². The zero-order chi connectivity index (χ0) is 48.0. The summed E-state index contributed by atoms with van der Waals surface area (Å²) >= 11 is 0. The van der Waals surface area contributed by atoms with Crippen LogP contribution in [0.4, 0.5) is 0 Å². The molecule has 0 spiro atoms. The van der Waals surface area contributed by atoms with Crippen LogP contribution in [-0.4, -0.2) is 4.57 Å². The standard InChI is InChI=1S/C72H47N/c1-3-19-48-41-54(37-35-46(48)17-1)71-63-31-9-10-32-64(63)72(55-38-36-47-18-2-4-20-49(47)42-55)66-45-51(39-40-65(66)71)50-21-15-22-52(43-50)69-59-27-5-7-29-61(59)70(62-30-8-6-28-60(62)69)53-23-16-24-56(44-53)73-67-33-13-11-25-57(67)58-26-12-14-34-68(58)73/h1-13,15-33,35-45H,14,34H2. The SMILES string of the molecule is C1=Cc2c(n(-c3cccc(-c4c5ccccc5c(-c5cccc(-c6ccc7c(-c8ccc9ccccc9c8)c8ccccc8c(-c8ccc9ccccc9c8)c7c6)c5)c5ccccc45)c3)c3ccccc23)CC1. The Balaban J connectivity index is 0.926. The number of fused-ring (bicyclic) bond motifs is 9. The summed E-state index contributed by atoms with van der Waals surface area (Å²) in [7, 11) is 0. The number of aromatic nitrogens is 1. The third-order valence-corrected chi connectivity index (χ3v) is 15.8. The molecule has 0 saturated carbocycles. The monoisotopic (exact) mass is 925 g/mol. The Morgan fingerprint density at radius 3 is 1.29 bits per heavy atom. The number of para-hydroxylation sites is 1. The van der Waals surface area contributed by atoms with Gasteiger partial charge in [0.15, 0.2) is 0 Å². The first-order valence-electron chi connectivity index (χ1n) is 25.6. The van der Waals surface area contributed by atoms with Crippen LogP contribution in [0.5, 0.6) is 0 Å². The molecule has 73 heavy (non-hydrogen) atoms. The quantitative estimate of drug-likeness (QED) is 0.146. The molecular weight excluding hydrogens is 879 g/mol. The van der Waals surface area contributed by atoms with E-state index in [2.05, 4.69) is 265 Å². The van der Waals surface area contributed by atoms with Gasteiger partial charge in [0.05, 0.1) is 5.52 Å². The van der Waals surface area contributed by atoms with E-state index in [0.717, 1.165) is 12.8 Å². The molecule has 14 aromatic rings. The summed E-state index contributed by atoms with van der Waals surface area (Å²) in [6.07, 6.45) is 6.72. The first-order chi connectivity index (χ1) is 36.2. The summed E-state index contributed by atoms with van der Waals surface area (Å²) in [4.78, 5) is 0. The van der Waals surface area contributed by atoms with Crippen molar-refractivity contribution in [1.82, 2.24) is 4.57 Å². The second-order valence-corrected chi connectivity index (χ2v) is 19.8. The van der Waals surface area contributed by atoms with Gasteiger partial charge < -0.3 is 4.57 Å². The number of hydrogen-bond acceptors (Lipinski definition) is 0. The van der Waals surface area contributed by atoms with Crippen LogP contribution in [0.25, 0.3) is 143 Å². The van der Waals surface area contributed by atoms with Gasteiger partial charge in [-0.05, 0) is 176 Å². The van der Waals surface area contributed by atoms with Crippen molar-refractivity contribution in [3.8, 4) is 61.3 Å². The summed E-state index contributed by atoms with van der Waals surface area (Å²) in [5.41, 5.74) is 17.5. The molecule has 0 N–H and O–H groups in total. The molecule has 0 radical (unpaired) electrons. The molecule has 1 aromatic heterocycles. The Morgan fingerprint density at radius 1 is 0.274 bits per heavy atom. The minimum atomic E-state index is 1.03. The van der Waals surface area contributed by atoms with Gasteiger partial charge in [-0.1, -0.05) is 218 Å². The highest BCUT2D eigenvalue weighted by atomic mass is 15.0. The lowest BCUT2D eigenvalue weighted by atomic mass is 9.83. The van der Waals surface area contributed by atoms with Crippen LogP contribution >= 0.6 is 0 Å². The number of nitrogens with zero attached hydrogens (tertiary/aromatic N) is 1. The van der Waals surface area contributed by atoms with Crippen molar-refractivity contribution in [1.29, 1.82) is 0 Å². The Bertz CT molecular complexity index is 4560. The molecule has 0 fully saturated rings. The van der Waals surface area contributed by atoms with Crippen molar-refractivity contribution in [2.24, 2.45) is 0 Å². The molecule has 1 aliphatic carbocycles. The maximum atomic E-state index is 2.51. The summed E-state index contributed by atoms with van der Waals surface area (Å²) in [6.45, 7) is 0. The second kappa shape index (κ2) is 16.7. The molecule has 0 amide bonds. The van der Waals surface area contributed by atoms with Gasteiger partial charge in [-0.15, -0.1) is 0 Å². The lowest BCUT2D eigenvalue weighted by molar-refractivity contribution is 0.889. The van der Waals surface area contributed by atoms with Gasteiger partial charge in [0.1, 0.15) is 0 Å². The van der Waals surface area contributed by atoms with Gasteiger partial charge in [0, 0.05) is 22.3 Å². The molecule has 0 aliphatic heterocycles. The molecule has 340 valence electrons. The highest BCUT2D eigenvalue weighted by Gasteiger charge is 2.22. The summed E-state index contributed by atoms with van der Waals surface area (Å²) < 4.78 is 2.51. The second-order valence-electron chi connectivity index (χ2n) is 19.8. The fourth-order valence-electron chi connectivity index (χ4n) is 12.5. The van der Waals surface area contributed by atoms with Gasteiger partial charge in [0.25, 0.3) is 0 Å². The van der Waals surface area contributed by atoms with Crippen molar-refractivity contribution < 1.29 is 0 Å². The topological polar surface area (TPSA) is 4.93 Å². The van der Waals surface area contributed by atoms with Crippen molar-refractivity contribution >= 4 is 81.6 Å². The molecule has 15 rings (SSSR count). The van der Waals surface area contributed by atoms with Crippen LogP contribution in [0, 0.1) is 0 Å². The van der Waals surface area contributed by atoms with Crippen LogP contribution in [0.15, 0.2) is 255 Å². The fourth-order valence-corrected chi connectivity index (χ4v) is 12.5. The van der Waals surface area contributed by atoms with Crippen LogP contribution in [0.3, 0.4) is 0 Å². The third-order valence-electron chi connectivity index (χ3n) is 15.8. The molecule has 13 aromatic carbocycles. The first-order valence-corrected chi connectivity index (χ1v) is 25.6. The molecule has 1 nitrogen and oxygen atoms in total. The van der Waals surface area contributed by atoms with Gasteiger partial charge in [-0.3, -0.25) is 0 Å². The first kappa shape index (κ1) is 41.5. The molecule has 0 unspecified atom stereocenters. The van der Waals surface area contributed by atoms with E-state index in [-0.39, 0.29) is 0 Å². The van der Waals surface area contributed by atoms with E-state index in [9.17, 15) is 0 Å². The average molecular weight is 926 g/mol. The molecule has 1 aliphatic rings. The van der Waals surface area contributed by atoms with E-state index in [1.807, 2.05) is 0 Å². The normalized spacial score (nSPS) is 12.5. The smallest absolute Gasteiger partial charge is 0.0537 e. The largest absolute Gasteiger partial charge is 0.313 e. The maximum Gasteiger partial charge on any atom is 0.0537 e. The molecule has 1 heteroatoms. The summed E-state index contributed by atoms with van der Waals surface area (Å²) in [5, 5.41) is 16.3. The minimum absolute atomic E-state index is 1.03. The lowest BCUT2D eigenvalue weighted by Crippen LogP contribution is -2.03. The molecule has 1 heterocycles. The van der Waals surface area contributed by atoms with E-state index in [1.54, 1.807) is 0 Å². The highest BCUT2D eigenvalue weighted by molar-refractivity contribution is 6.24. The Hall–Kier alpha value is -9.30. The summed E-state index contributed by atoms with van der Waals surface area (Å²) in [5.74, 6) is 0. The maximum absolute atomic E-state index is 2.51. The van der Waals surface area contributed by atoms with Crippen molar-refractivity contribution in [3.63, 3.8) is 0 Å². The Labute approximate surface area is 424 Å². The van der Waals surface area contributed by atoms with E-state index < -0.39 is 0 Å². The fraction of sp³-hybridized carbons (Fsp3) is 0.0278. The number of benzene rings is 13. The predicted octanol–water partition coefficient (Wildman–Crippen LogP) is 19.8. The Morgan fingerprint density at radius 2 is 0.699 bits per heavy atom. The molecule has 0 bridgehead atoms. The molecule has 0 atom stereocenters. The van der Waals surface area contributed by atoms with E-state index >= 15 is 0 Å². The zero-order valence-corrected chi connectivity index (χ0v) is 40.2. The molecular formula is C72H47N. The van der Waals surface area contributed by atoms with Crippen molar-refractivity contribution in [2.75, 3.05) is 0 Å². The zero-order valence-electron chi connectivity index (χ0n) is 40.2.